The topological polar surface area (TPSA) is 70.2 Å². The van der Waals surface area contributed by atoms with Gasteiger partial charge in [0.05, 0.1) is 12.3 Å². The first kappa shape index (κ1) is 19.1. The molecule has 7 heteroatoms. The summed E-state index contributed by atoms with van der Waals surface area (Å²) in [6.07, 6.45) is 0. The first-order valence-electron chi connectivity index (χ1n) is 7.73. The van der Waals surface area contributed by atoms with E-state index in [0.717, 1.165) is 16.8 Å². The van der Waals surface area contributed by atoms with Gasteiger partial charge in [0.25, 0.3) is 5.91 Å². The van der Waals surface area contributed by atoms with Gasteiger partial charge >= 0.3 is 0 Å². The lowest BCUT2D eigenvalue weighted by molar-refractivity contribution is -0.126. The highest BCUT2D eigenvalue weighted by Crippen LogP contribution is 2.16. The number of rotatable bonds is 7. The molecular formula is C18H20ClN3O2S. The lowest BCUT2D eigenvalue weighted by Gasteiger charge is -2.09. The summed E-state index contributed by atoms with van der Waals surface area (Å²) < 4.78 is 0. The zero-order valence-corrected chi connectivity index (χ0v) is 15.4. The highest BCUT2D eigenvalue weighted by molar-refractivity contribution is 7.99. The standard InChI is InChI=1S/C18H20ClN3O2S/c1-13-5-7-16(8-6-13)20-10-17(23)21-22-18(24)12-25-11-14-3-2-4-15(19)9-14/h2-9,20H,10-12H2,1H3,(H,21,23)(H,22,24). The number of nitrogens with one attached hydrogen (secondary N) is 3. The summed E-state index contributed by atoms with van der Waals surface area (Å²) in [4.78, 5) is 23.4. The monoisotopic (exact) mass is 377 g/mol. The minimum atomic E-state index is -0.311. The highest BCUT2D eigenvalue weighted by atomic mass is 35.5. The number of thioether (sulfide) groups is 1. The molecule has 0 spiro atoms. The largest absolute Gasteiger partial charge is 0.376 e. The molecule has 0 aliphatic rings. The minimum absolute atomic E-state index is 0.0823. The fourth-order valence-electron chi connectivity index (χ4n) is 1.96. The van der Waals surface area contributed by atoms with Gasteiger partial charge in [0.1, 0.15) is 0 Å². The molecule has 0 aliphatic heterocycles. The third-order valence-electron chi connectivity index (χ3n) is 3.24. The van der Waals surface area contributed by atoms with Crippen molar-refractivity contribution in [3.63, 3.8) is 0 Å². The molecule has 5 nitrogen and oxygen atoms in total. The van der Waals surface area contributed by atoms with E-state index in [1.54, 1.807) is 0 Å². The summed E-state index contributed by atoms with van der Waals surface area (Å²) in [6.45, 7) is 2.08. The Kier molecular flexibility index (Phi) is 7.63. The lowest BCUT2D eigenvalue weighted by Crippen LogP contribution is -2.44. The van der Waals surface area contributed by atoms with Crippen molar-refractivity contribution < 1.29 is 9.59 Å². The van der Waals surface area contributed by atoms with Crippen LogP contribution in [0.2, 0.25) is 5.02 Å². The van der Waals surface area contributed by atoms with E-state index >= 15 is 0 Å². The second-order valence-corrected chi connectivity index (χ2v) is 6.86. The third-order valence-corrected chi connectivity index (χ3v) is 4.48. The Morgan fingerprint density at radius 1 is 1.04 bits per heavy atom. The summed E-state index contributed by atoms with van der Waals surface area (Å²) in [5.41, 5.74) is 7.84. The van der Waals surface area contributed by atoms with Gasteiger partial charge in [-0.15, -0.1) is 11.8 Å². The zero-order valence-electron chi connectivity index (χ0n) is 13.8. The van der Waals surface area contributed by atoms with Crippen LogP contribution >= 0.6 is 23.4 Å². The van der Waals surface area contributed by atoms with Gasteiger partial charge in [0, 0.05) is 16.5 Å². The molecule has 25 heavy (non-hydrogen) atoms. The Labute approximate surface area is 156 Å². The molecule has 0 heterocycles. The van der Waals surface area contributed by atoms with Crippen LogP contribution in [-0.2, 0) is 15.3 Å². The van der Waals surface area contributed by atoms with Crippen molar-refractivity contribution in [1.82, 2.24) is 10.9 Å². The van der Waals surface area contributed by atoms with Gasteiger partial charge in [-0.25, -0.2) is 0 Å². The molecule has 0 unspecified atom stereocenters. The number of amides is 2. The first-order chi connectivity index (χ1) is 12.0. The molecule has 2 rings (SSSR count). The van der Waals surface area contributed by atoms with Crippen LogP contribution in [0.1, 0.15) is 11.1 Å². The summed E-state index contributed by atoms with van der Waals surface area (Å²) in [5, 5.41) is 3.66. The Bertz CT molecular complexity index is 723. The van der Waals surface area contributed by atoms with E-state index in [1.165, 1.54) is 11.8 Å². The molecule has 0 aliphatic carbocycles. The molecule has 0 fully saturated rings. The molecule has 2 aromatic carbocycles. The zero-order chi connectivity index (χ0) is 18.1. The predicted octanol–water partition coefficient (Wildman–Crippen LogP) is 3.14. The van der Waals surface area contributed by atoms with Crippen LogP contribution in [-0.4, -0.2) is 24.1 Å². The van der Waals surface area contributed by atoms with Gasteiger partial charge in [-0.05, 0) is 36.8 Å². The van der Waals surface area contributed by atoms with Gasteiger partial charge in [0.15, 0.2) is 0 Å². The second kappa shape index (κ2) is 9.96. The maximum Gasteiger partial charge on any atom is 0.257 e. The number of hydrogen-bond donors (Lipinski definition) is 3. The maximum atomic E-state index is 11.7. The molecule has 0 aromatic heterocycles. The molecular weight excluding hydrogens is 358 g/mol. The number of halogens is 1. The fourth-order valence-corrected chi connectivity index (χ4v) is 2.95. The smallest absolute Gasteiger partial charge is 0.257 e. The van der Waals surface area contributed by atoms with Crippen LogP contribution in [0.25, 0.3) is 0 Å². The normalized spacial score (nSPS) is 10.2. The SMILES string of the molecule is Cc1ccc(NCC(=O)NNC(=O)CSCc2cccc(Cl)c2)cc1. The van der Waals surface area contributed by atoms with Crippen molar-refractivity contribution in [2.45, 2.75) is 12.7 Å². The van der Waals surface area contributed by atoms with Crippen LogP contribution < -0.4 is 16.2 Å². The number of carbonyl (C=O) groups is 2. The summed E-state index contributed by atoms with van der Waals surface area (Å²) in [6, 6.07) is 15.2. The number of hydrazine groups is 1. The lowest BCUT2D eigenvalue weighted by atomic mass is 10.2. The van der Waals surface area contributed by atoms with E-state index in [-0.39, 0.29) is 24.1 Å². The second-order valence-electron chi connectivity index (χ2n) is 5.44. The molecule has 3 N–H and O–H groups in total. The average Bonchev–Trinajstić information content (AvgIpc) is 2.59. The molecule has 0 radical (unpaired) electrons. The van der Waals surface area contributed by atoms with Gasteiger partial charge in [-0.3, -0.25) is 20.4 Å². The predicted molar refractivity (Wildman–Crippen MR) is 104 cm³/mol. The quantitative estimate of drug-likeness (QED) is 0.648. The molecule has 0 saturated carbocycles. The number of carbonyl (C=O) groups excluding carboxylic acids is 2. The average molecular weight is 378 g/mol. The van der Waals surface area contributed by atoms with Gasteiger partial charge in [-0.2, -0.15) is 0 Å². The Morgan fingerprint density at radius 2 is 1.76 bits per heavy atom. The van der Waals surface area contributed by atoms with Crippen LogP contribution in [0, 0.1) is 6.92 Å². The van der Waals surface area contributed by atoms with Crippen molar-refractivity contribution in [1.29, 1.82) is 0 Å². The molecule has 132 valence electrons. The van der Waals surface area contributed by atoms with E-state index in [9.17, 15) is 9.59 Å². The van der Waals surface area contributed by atoms with Crippen LogP contribution in [0.15, 0.2) is 48.5 Å². The molecule has 2 aromatic rings. The van der Waals surface area contributed by atoms with Gasteiger partial charge in [-0.1, -0.05) is 41.4 Å². The highest BCUT2D eigenvalue weighted by Gasteiger charge is 2.05. The van der Waals surface area contributed by atoms with Crippen molar-refractivity contribution in [3.05, 3.63) is 64.7 Å². The Morgan fingerprint density at radius 3 is 2.48 bits per heavy atom. The molecule has 0 saturated heterocycles. The van der Waals surface area contributed by atoms with Gasteiger partial charge < -0.3 is 5.32 Å². The van der Waals surface area contributed by atoms with E-state index in [2.05, 4.69) is 16.2 Å². The summed E-state index contributed by atoms with van der Waals surface area (Å²) in [7, 11) is 0. The molecule has 2 amide bonds. The number of anilines is 1. The Balaban J connectivity index is 1.60. The van der Waals surface area contributed by atoms with Crippen molar-refractivity contribution in [2.75, 3.05) is 17.6 Å². The van der Waals surface area contributed by atoms with E-state index < -0.39 is 0 Å². The minimum Gasteiger partial charge on any atom is -0.376 e. The third kappa shape index (κ3) is 7.49. The Hall–Kier alpha value is -2.18. The summed E-state index contributed by atoms with van der Waals surface area (Å²) >= 11 is 7.36. The fraction of sp³-hybridized carbons (Fsp3) is 0.222. The van der Waals surface area contributed by atoms with E-state index in [1.807, 2.05) is 55.5 Å². The van der Waals surface area contributed by atoms with E-state index in [4.69, 9.17) is 11.6 Å². The number of benzene rings is 2. The van der Waals surface area contributed by atoms with Crippen molar-refractivity contribution in [3.8, 4) is 0 Å². The number of hydrogen-bond acceptors (Lipinski definition) is 4. The molecule has 0 atom stereocenters. The maximum absolute atomic E-state index is 11.7. The van der Waals surface area contributed by atoms with Gasteiger partial charge in [0.2, 0.25) is 5.91 Å². The number of aryl methyl sites for hydroxylation is 1. The van der Waals surface area contributed by atoms with Crippen LogP contribution in [0.5, 0.6) is 0 Å². The first-order valence-corrected chi connectivity index (χ1v) is 9.26. The van der Waals surface area contributed by atoms with Crippen LogP contribution in [0.3, 0.4) is 0 Å². The molecule has 0 bridgehead atoms. The summed E-state index contributed by atoms with van der Waals surface area (Å²) in [5.74, 6) is 0.360. The van der Waals surface area contributed by atoms with Crippen molar-refractivity contribution >= 4 is 40.9 Å². The van der Waals surface area contributed by atoms with Crippen molar-refractivity contribution in [2.24, 2.45) is 0 Å². The van der Waals surface area contributed by atoms with Crippen LogP contribution in [0.4, 0.5) is 5.69 Å². The van der Waals surface area contributed by atoms with E-state index in [0.29, 0.717) is 10.8 Å².